The Balaban J connectivity index is 1.82. The highest BCUT2D eigenvalue weighted by Gasteiger charge is 2.25. The number of rotatable bonds is 2. The topological polar surface area (TPSA) is 87.9 Å². The number of hydrogen-bond donors (Lipinski definition) is 2. The van der Waals surface area contributed by atoms with Gasteiger partial charge in [-0.15, -0.1) is 0 Å². The van der Waals surface area contributed by atoms with Crippen molar-refractivity contribution in [3.05, 3.63) is 54.0 Å². The molecular formula is C22H17FN4O. The molecule has 0 radical (unpaired) electrons. The second kappa shape index (κ2) is 5.96. The van der Waals surface area contributed by atoms with E-state index in [-0.39, 0.29) is 17.5 Å². The normalized spacial score (nSPS) is 14.3. The molecule has 1 aliphatic carbocycles. The minimum Gasteiger partial charge on any atom is -0.494 e. The molecule has 28 heavy (non-hydrogen) atoms. The smallest absolute Gasteiger partial charge is 0.203 e. The number of hydrogen-bond acceptors (Lipinski definition) is 4. The van der Waals surface area contributed by atoms with E-state index in [1.165, 1.54) is 12.1 Å². The summed E-state index contributed by atoms with van der Waals surface area (Å²) in [5.74, 6) is -0.311. The molecule has 0 atom stereocenters. The summed E-state index contributed by atoms with van der Waals surface area (Å²) < 4.78 is 15.4. The number of benzene rings is 2. The molecule has 1 aliphatic rings. The lowest BCUT2D eigenvalue weighted by Crippen LogP contribution is -2.15. The van der Waals surface area contributed by atoms with Gasteiger partial charge in [0, 0.05) is 28.8 Å². The van der Waals surface area contributed by atoms with Crippen molar-refractivity contribution in [1.82, 2.24) is 9.55 Å². The quantitative estimate of drug-likeness (QED) is 0.525. The van der Waals surface area contributed by atoms with Gasteiger partial charge in [0.05, 0.1) is 33.7 Å². The first-order valence-corrected chi connectivity index (χ1v) is 9.20. The van der Waals surface area contributed by atoms with Crippen LogP contribution in [0.3, 0.4) is 0 Å². The molecule has 0 bridgehead atoms. The van der Waals surface area contributed by atoms with Crippen LogP contribution in [0, 0.1) is 17.1 Å². The lowest BCUT2D eigenvalue weighted by Gasteiger charge is -2.27. The Kier molecular flexibility index (Phi) is 3.53. The monoisotopic (exact) mass is 372 g/mol. The second-order valence-electron chi connectivity index (χ2n) is 7.23. The number of nitriles is 1. The van der Waals surface area contributed by atoms with Gasteiger partial charge in [0.25, 0.3) is 0 Å². The van der Waals surface area contributed by atoms with Crippen molar-refractivity contribution in [3.63, 3.8) is 0 Å². The van der Waals surface area contributed by atoms with Gasteiger partial charge in [0.15, 0.2) is 0 Å². The fourth-order valence-electron chi connectivity index (χ4n) is 3.99. The summed E-state index contributed by atoms with van der Waals surface area (Å²) in [6, 6.07) is 12.0. The van der Waals surface area contributed by atoms with E-state index in [1.807, 2.05) is 29.0 Å². The minimum absolute atomic E-state index is 0.150. The van der Waals surface area contributed by atoms with E-state index in [1.54, 1.807) is 6.07 Å². The van der Waals surface area contributed by atoms with E-state index in [0.717, 1.165) is 19.3 Å². The zero-order valence-corrected chi connectivity index (χ0v) is 15.0. The number of anilines is 1. The molecule has 0 spiro atoms. The third-order valence-electron chi connectivity index (χ3n) is 5.67. The lowest BCUT2D eigenvalue weighted by molar-refractivity contribution is 0.283. The van der Waals surface area contributed by atoms with Crippen molar-refractivity contribution >= 4 is 27.5 Å². The Morgan fingerprint density at radius 3 is 2.75 bits per heavy atom. The first-order chi connectivity index (χ1) is 13.6. The molecule has 2 heterocycles. The maximum absolute atomic E-state index is 13.6. The Bertz CT molecular complexity index is 1300. The van der Waals surface area contributed by atoms with Gasteiger partial charge in [-0.3, -0.25) is 0 Å². The maximum atomic E-state index is 13.6. The van der Waals surface area contributed by atoms with Crippen LogP contribution in [0.1, 0.15) is 30.9 Å². The highest BCUT2D eigenvalue weighted by molar-refractivity contribution is 6.12. The maximum Gasteiger partial charge on any atom is 0.203 e. The predicted molar refractivity (Wildman–Crippen MR) is 106 cm³/mol. The Labute approximate surface area is 160 Å². The van der Waals surface area contributed by atoms with Gasteiger partial charge in [-0.2, -0.15) is 5.26 Å². The van der Waals surface area contributed by atoms with E-state index in [2.05, 4.69) is 6.07 Å². The van der Waals surface area contributed by atoms with E-state index in [4.69, 9.17) is 10.7 Å². The molecule has 2 aromatic heterocycles. The van der Waals surface area contributed by atoms with E-state index < -0.39 is 5.82 Å². The number of nitrogens with two attached hydrogens (primary N) is 1. The molecule has 4 aromatic rings. The number of pyridine rings is 1. The van der Waals surface area contributed by atoms with Crippen LogP contribution in [-0.4, -0.2) is 14.7 Å². The Morgan fingerprint density at radius 2 is 2.04 bits per heavy atom. The van der Waals surface area contributed by atoms with E-state index in [0.29, 0.717) is 38.6 Å². The van der Waals surface area contributed by atoms with Crippen molar-refractivity contribution < 1.29 is 9.50 Å². The molecule has 1 saturated carbocycles. The average molecular weight is 372 g/mol. The van der Waals surface area contributed by atoms with Crippen molar-refractivity contribution in [2.45, 2.75) is 25.3 Å². The predicted octanol–water partition coefficient (Wildman–Crippen LogP) is 4.88. The van der Waals surface area contributed by atoms with Gasteiger partial charge in [-0.1, -0.05) is 24.3 Å². The molecule has 6 heteroatoms. The van der Waals surface area contributed by atoms with Crippen LogP contribution >= 0.6 is 0 Å². The van der Waals surface area contributed by atoms with Crippen LogP contribution in [0.15, 0.2) is 42.6 Å². The molecule has 0 unspecified atom stereocenters. The fourth-order valence-corrected chi connectivity index (χ4v) is 3.99. The van der Waals surface area contributed by atoms with Gasteiger partial charge in [0.1, 0.15) is 5.82 Å². The largest absolute Gasteiger partial charge is 0.494 e. The van der Waals surface area contributed by atoms with Crippen LogP contribution in [0.5, 0.6) is 5.88 Å². The summed E-state index contributed by atoms with van der Waals surface area (Å²) in [7, 11) is 0. The third-order valence-corrected chi connectivity index (χ3v) is 5.67. The number of fused-ring (bicyclic) bond motifs is 2. The SMILES string of the molecule is N#Cc1cc(F)ccc1-c1cccc2c(N)c3c(O)n(C4CCC4)cc3nc12. The number of nitrogen functional groups attached to an aromatic ring is 1. The molecule has 5 rings (SSSR count). The van der Waals surface area contributed by atoms with Crippen molar-refractivity contribution in [3.8, 4) is 23.1 Å². The van der Waals surface area contributed by atoms with Crippen molar-refractivity contribution in [2.75, 3.05) is 5.73 Å². The zero-order valence-electron chi connectivity index (χ0n) is 15.0. The van der Waals surface area contributed by atoms with Crippen molar-refractivity contribution in [1.29, 1.82) is 5.26 Å². The first kappa shape index (κ1) is 16.6. The van der Waals surface area contributed by atoms with Gasteiger partial charge in [-0.25, -0.2) is 9.37 Å². The Morgan fingerprint density at radius 1 is 1.21 bits per heavy atom. The molecule has 0 aliphatic heterocycles. The highest BCUT2D eigenvalue weighted by Crippen LogP contribution is 2.43. The lowest BCUT2D eigenvalue weighted by atomic mass is 9.93. The van der Waals surface area contributed by atoms with E-state index >= 15 is 0 Å². The fraction of sp³-hybridized carbons (Fsp3) is 0.182. The summed E-state index contributed by atoms with van der Waals surface area (Å²) in [6.07, 6.45) is 5.05. The number of aromatic nitrogens is 2. The van der Waals surface area contributed by atoms with Gasteiger partial charge in [0.2, 0.25) is 5.88 Å². The summed E-state index contributed by atoms with van der Waals surface area (Å²) >= 11 is 0. The Hall–Kier alpha value is -3.59. The van der Waals surface area contributed by atoms with Crippen molar-refractivity contribution in [2.24, 2.45) is 0 Å². The third kappa shape index (κ3) is 2.26. The molecular weight excluding hydrogens is 355 g/mol. The van der Waals surface area contributed by atoms with E-state index in [9.17, 15) is 14.8 Å². The minimum atomic E-state index is -0.460. The zero-order chi connectivity index (χ0) is 19.4. The summed E-state index contributed by atoms with van der Waals surface area (Å²) in [4.78, 5) is 4.77. The summed E-state index contributed by atoms with van der Waals surface area (Å²) in [5, 5.41) is 21.4. The summed E-state index contributed by atoms with van der Waals surface area (Å²) in [5.41, 5.74) is 9.67. The number of aromatic hydroxyl groups is 1. The van der Waals surface area contributed by atoms with Crippen LogP contribution in [0.4, 0.5) is 10.1 Å². The van der Waals surface area contributed by atoms with Crippen LogP contribution in [-0.2, 0) is 0 Å². The van der Waals surface area contributed by atoms with Gasteiger partial charge < -0.3 is 15.4 Å². The van der Waals surface area contributed by atoms with Crippen LogP contribution in [0.2, 0.25) is 0 Å². The number of para-hydroxylation sites is 1. The van der Waals surface area contributed by atoms with Gasteiger partial charge >= 0.3 is 0 Å². The second-order valence-corrected chi connectivity index (χ2v) is 7.23. The van der Waals surface area contributed by atoms with Crippen LogP contribution in [0.25, 0.3) is 32.9 Å². The average Bonchev–Trinajstić information content (AvgIpc) is 2.96. The molecule has 0 saturated heterocycles. The number of nitrogens with zero attached hydrogens (tertiary/aromatic N) is 3. The number of halogens is 1. The first-order valence-electron chi connectivity index (χ1n) is 9.20. The highest BCUT2D eigenvalue weighted by atomic mass is 19.1. The molecule has 5 nitrogen and oxygen atoms in total. The van der Waals surface area contributed by atoms with Crippen LogP contribution < -0.4 is 5.73 Å². The molecule has 2 aromatic carbocycles. The standard InChI is InChI=1S/C22H17FN4O/c23-13-7-8-15(12(9-13)10-24)16-5-2-6-17-20(25)19-18(26-21(16)17)11-27(22(19)28)14-3-1-4-14/h2,5-9,11,14,28H,1,3-4,25H2. The molecule has 138 valence electrons. The van der Waals surface area contributed by atoms with Gasteiger partial charge in [-0.05, 0) is 31.4 Å². The summed E-state index contributed by atoms with van der Waals surface area (Å²) in [6.45, 7) is 0. The molecule has 3 N–H and O–H groups in total. The molecule has 1 fully saturated rings. The molecule has 0 amide bonds.